The highest BCUT2D eigenvalue weighted by molar-refractivity contribution is 7.90. The van der Waals surface area contributed by atoms with Gasteiger partial charge in [0.05, 0.1) is 0 Å². The number of amidine groups is 1. The SMILES string of the molecule is O=C(Nc1cccc(C(=O)N2CCCCC2)c1)c1ccc(NC2=NS(=O)(=O)c3ccccc32)cc1. The predicted molar refractivity (Wildman–Crippen MR) is 134 cm³/mol. The van der Waals surface area contributed by atoms with E-state index in [4.69, 9.17) is 0 Å². The Labute approximate surface area is 203 Å². The number of fused-ring (bicyclic) bond motifs is 1. The van der Waals surface area contributed by atoms with Crippen LogP contribution in [0.3, 0.4) is 0 Å². The summed E-state index contributed by atoms with van der Waals surface area (Å²) in [6.07, 6.45) is 3.18. The average Bonchev–Trinajstić information content (AvgIpc) is 3.14. The number of sulfonamides is 1. The summed E-state index contributed by atoms with van der Waals surface area (Å²) in [5.74, 6) is -0.0899. The molecule has 0 saturated carbocycles. The van der Waals surface area contributed by atoms with Gasteiger partial charge in [-0.3, -0.25) is 9.59 Å². The van der Waals surface area contributed by atoms with E-state index in [1.807, 2.05) is 4.90 Å². The fourth-order valence-electron chi connectivity index (χ4n) is 4.25. The van der Waals surface area contributed by atoms with Gasteiger partial charge in [0.1, 0.15) is 4.90 Å². The van der Waals surface area contributed by atoms with Gasteiger partial charge in [-0.05, 0) is 73.9 Å². The van der Waals surface area contributed by atoms with Crippen molar-refractivity contribution in [1.29, 1.82) is 0 Å². The Hall–Kier alpha value is -3.98. The molecule has 0 atom stereocenters. The molecule has 8 nitrogen and oxygen atoms in total. The molecule has 2 amide bonds. The Bertz CT molecular complexity index is 1430. The molecule has 1 saturated heterocycles. The molecule has 5 rings (SSSR count). The number of nitrogens with one attached hydrogen (secondary N) is 2. The maximum absolute atomic E-state index is 12.8. The van der Waals surface area contributed by atoms with E-state index >= 15 is 0 Å². The fraction of sp³-hybridized carbons (Fsp3) is 0.192. The van der Waals surface area contributed by atoms with Crippen LogP contribution in [-0.4, -0.2) is 44.1 Å². The Morgan fingerprint density at radius 2 is 1.54 bits per heavy atom. The third kappa shape index (κ3) is 4.81. The molecule has 2 aliphatic heterocycles. The van der Waals surface area contributed by atoms with E-state index in [1.165, 1.54) is 6.07 Å². The summed E-state index contributed by atoms with van der Waals surface area (Å²) in [6.45, 7) is 1.53. The Kier molecular flexibility index (Phi) is 6.08. The molecule has 2 aliphatic rings. The van der Waals surface area contributed by atoms with Crippen molar-refractivity contribution < 1.29 is 18.0 Å². The molecule has 35 heavy (non-hydrogen) atoms. The van der Waals surface area contributed by atoms with Gasteiger partial charge in [0, 0.05) is 41.2 Å². The van der Waals surface area contributed by atoms with Crippen molar-refractivity contribution in [2.24, 2.45) is 4.40 Å². The van der Waals surface area contributed by atoms with Crippen LogP contribution < -0.4 is 10.6 Å². The predicted octanol–water partition coefficient (Wildman–Crippen LogP) is 4.13. The smallest absolute Gasteiger partial charge is 0.285 e. The van der Waals surface area contributed by atoms with Crippen molar-refractivity contribution >= 4 is 39.0 Å². The zero-order valence-corrected chi connectivity index (χ0v) is 19.7. The van der Waals surface area contributed by atoms with E-state index < -0.39 is 10.0 Å². The van der Waals surface area contributed by atoms with Crippen molar-refractivity contribution in [2.75, 3.05) is 23.7 Å². The van der Waals surface area contributed by atoms with Gasteiger partial charge in [-0.2, -0.15) is 8.42 Å². The number of hydrogen-bond donors (Lipinski definition) is 2. The van der Waals surface area contributed by atoms with E-state index in [-0.39, 0.29) is 22.5 Å². The first kappa shape index (κ1) is 22.8. The molecule has 3 aromatic rings. The van der Waals surface area contributed by atoms with Crippen LogP contribution in [0.15, 0.2) is 82.1 Å². The first-order valence-electron chi connectivity index (χ1n) is 11.4. The molecule has 0 aliphatic carbocycles. The summed E-state index contributed by atoms with van der Waals surface area (Å²) < 4.78 is 28.3. The number of carbonyl (C=O) groups is 2. The number of nitrogens with zero attached hydrogens (tertiary/aromatic N) is 2. The Balaban J connectivity index is 1.26. The van der Waals surface area contributed by atoms with Crippen molar-refractivity contribution in [3.63, 3.8) is 0 Å². The lowest BCUT2D eigenvalue weighted by Gasteiger charge is -2.26. The van der Waals surface area contributed by atoms with Gasteiger partial charge in [-0.1, -0.05) is 18.2 Å². The lowest BCUT2D eigenvalue weighted by Crippen LogP contribution is -2.35. The van der Waals surface area contributed by atoms with E-state index in [0.717, 1.165) is 32.4 Å². The lowest BCUT2D eigenvalue weighted by atomic mass is 10.1. The van der Waals surface area contributed by atoms with Gasteiger partial charge in [0.25, 0.3) is 21.8 Å². The number of benzene rings is 3. The number of carbonyl (C=O) groups excluding carboxylic acids is 2. The number of likely N-dealkylation sites (tertiary alicyclic amines) is 1. The van der Waals surface area contributed by atoms with Gasteiger partial charge in [0.15, 0.2) is 5.84 Å². The molecule has 1 fully saturated rings. The molecule has 0 radical (unpaired) electrons. The molecule has 0 unspecified atom stereocenters. The molecule has 0 bridgehead atoms. The molecule has 3 aromatic carbocycles. The van der Waals surface area contributed by atoms with E-state index in [1.54, 1.807) is 66.7 Å². The van der Waals surface area contributed by atoms with Gasteiger partial charge in [0.2, 0.25) is 0 Å². The summed E-state index contributed by atoms with van der Waals surface area (Å²) in [7, 11) is -3.71. The number of hydrogen-bond acceptors (Lipinski definition) is 5. The Morgan fingerprint density at radius 1 is 0.800 bits per heavy atom. The third-order valence-corrected chi connectivity index (χ3v) is 7.39. The van der Waals surface area contributed by atoms with Crippen LogP contribution in [0, 0.1) is 0 Å². The molecule has 0 aromatic heterocycles. The molecule has 178 valence electrons. The van der Waals surface area contributed by atoms with Crippen LogP contribution in [0.2, 0.25) is 0 Å². The zero-order chi connectivity index (χ0) is 24.4. The summed E-state index contributed by atoms with van der Waals surface area (Å²) in [4.78, 5) is 27.6. The number of anilines is 2. The second-order valence-electron chi connectivity index (χ2n) is 8.50. The van der Waals surface area contributed by atoms with Crippen LogP contribution in [-0.2, 0) is 10.0 Å². The quantitative estimate of drug-likeness (QED) is 0.574. The fourth-order valence-corrected chi connectivity index (χ4v) is 5.43. The van der Waals surface area contributed by atoms with Crippen LogP contribution in [0.1, 0.15) is 45.5 Å². The molecule has 0 spiro atoms. The zero-order valence-electron chi connectivity index (χ0n) is 18.9. The van der Waals surface area contributed by atoms with Gasteiger partial charge >= 0.3 is 0 Å². The molecule has 2 heterocycles. The monoisotopic (exact) mass is 488 g/mol. The van der Waals surface area contributed by atoms with E-state index in [2.05, 4.69) is 15.0 Å². The topological polar surface area (TPSA) is 108 Å². The average molecular weight is 489 g/mol. The van der Waals surface area contributed by atoms with Crippen LogP contribution in [0.25, 0.3) is 0 Å². The standard InChI is InChI=1S/C26H24N4O4S/c31-25(28-21-8-6-7-19(17-21)26(32)30-15-4-1-5-16-30)18-11-13-20(14-12-18)27-24-22-9-2-3-10-23(22)35(33,34)29-24/h2-3,6-14,17H,1,4-5,15-16H2,(H,27,29)(H,28,31). The van der Waals surface area contributed by atoms with Gasteiger partial charge in [-0.25, -0.2) is 0 Å². The van der Waals surface area contributed by atoms with E-state index in [9.17, 15) is 18.0 Å². The number of rotatable bonds is 4. The van der Waals surface area contributed by atoms with E-state index in [0.29, 0.717) is 28.1 Å². The number of amides is 2. The molecular formula is C26H24N4O4S. The highest BCUT2D eigenvalue weighted by Gasteiger charge is 2.28. The number of piperidine rings is 1. The molecule has 2 N–H and O–H groups in total. The van der Waals surface area contributed by atoms with Crippen LogP contribution in [0.5, 0.6) is 0 Å². The summed E-state index contributed by atoms with van der Waals surface area (Å²) in [5, 5.41) is 5.86. The van der Waals surface area contributed by atoms with Crippen LogP contribution >= 0.6 is 0 Å². The second kappa shape index (κ2) is 9.34. The van der Waals surface area contributed by atoms with Gasteiger partial charge in [-0.15, -0.1) is 4.40 Å². The third-order valence-electron chi connectivity index (χ3n) is 6.05. The maximum atomic E-state index is 12.8. The molecular weight excluding hydrogens is 464 g/mol. The highest BCUT2D eigenvalue weighted by Crippen LogP contribution is 2.27. The molecule has 9 heteroatoms. The first-order valence-corrected chi connectivity index (χ1v) is 12.9. The second-order valence-corrected chi connectivity index (χ2v) is 10.1. The summed E-state index contributed by atoms with van der Waals surface area (Å²) in [5.41, 5.74) is 2.62. The minimum atomic E-state index is -3.71. The van der Waals surface area contributed by atoms with Crippen molar-refractivity contribution in [1.82, 2.24) is 4.90 Å². The largest absolute Gasteiger partial charge is 0.339 e. The van der Waals surface area contributed by atoms with Crippen LogP contribution in [0.4, 0.5) is 11.4 Å². The minimum absolute atomic E-state index is 0.0189. The summed E-state index contributed by atoms with van der Waals surface area (Å²) in [6, 6.07) is 20.2. The van der Waals surface area contributed by atoms with Crippen molar-refractivity contribution in [3.8, 4) is 0 Å². The maximum Gasteiger partial charge on any atom is 0.285 e. The first-order chi connectivity index (χ1) is 16.9. The lowest BCUT2D eigenvalue weighted by molar-refractivity contribution is 0.0724. The van der Waals surface area contributed by atoms with Crippen molar-refractivity contribution in [2.45, 2.75) is 24.2 Å². The normalized spacial score (nSPS) is 16.2. The minimum Gasteiger partial charge on any atom is -0.339 e. The highest BCUT2D eigenvalue weighted by atomic mass is 32.2. The summed E-state index contributed by atoms with van der Waals surface area (Å²) >= 11 is 0. The van der Waals surface area contributed by atoms with Crippen molar-refractivity contribution in [3.05, 3.63) is 89.5 Å². The van der Waals surface area contributed by atoms with Gasteiger partial charge < -0.3 is 15.5 Å². The Morgan fingerprint density at radius 3 is 2.31 bits per heavy atom.